The molecular formula is C25H24N2O5. The molecule has 0 radical (unpaired) electrons. The lowest BCUT2D eigenvalue weighted by Crippen LogP contribution is -2.25. The molecule has 1 aliphatic heterocycles. The van der Waals surface area contributed by atoms with Gasteiger partial charge in [0.1, 0.15) is 5.56 Å². The average Bonchev–Trinajstić information content (AvgIpc) is 2.82. The van der Waals surface area contributed by atoms with Crippen LogP contribution in [0.1, 0.15) is 40.9 Å². The van der Waals surface area contributed by atoms with Crippen LogP contribution in [0, 0.1) is 4.91 Å². The van der Waals surface area contributed by atoms with Crippen LogP contribution in [0.4, 0.5) is 0 Å². The molecule has 3 aromatic rings. The van der Waals surface area contributed by atoms with Gasteiger partial charge in [-0.15, -0.1) is 4.91 Å². The summed E-state index contributed by atoms with van der Waals surface area (Å²) in [6.45, 7) is 2.55. The monoisotopic (exact) mass is 432 g/mol. The Morgan fingerprint density at radius 2 is 1.94 bits per heavy atom. The zero-order valence-electron chi connectivity index (χ0n) is 18.0. The molecular weight excluding hydrogens is 408 g/mol. The van der Waals surface area contributed by atoms with Crippen LogP contribution in [0.5, 0.6) is 11.5 Å². The fourth-order valence-electron chi connectivity index (χ4n) is 4.18. The van der Waals surface area contributed by atoms with E-state index in [1.807, 2.05) is 41.8 Å². The van der Waals surface area contributed by atoms with Crippen molar-refractivity contribution in [1.29, 1.82) is 0 Å². The standard InChI is InChI=1S/C25H24N2O5/c1-3-18-11-17-12-24(32-10-9-16-7-5-4-6-8-16)23(31-2)13-19(17)21-14-22(28)20(15-27(18)21)25(29)26-30/h4-8,12-15,18H,3,9-11H2,1-2H3. The zero-order chi connectivity index (χ0) is 22.7. The van der Waals surface area contributed by atoms with E-state index in [-0.39, 0.29) is 11.6 Å². The van der Waals surface area contributed by atoms with Gasteiger partial charge in [0.2, 0.25) is 0 Å². The van der Waals surface area contributed by atoms with Crippen molar-refractivity contribution in [3.8, 4) is 22.8 Å². The summed E-state index contributed by atoms with van der Waals surface area (Å²) in [6, 6.07) is 15.4. The highest BCUT2D eigenvalue weighted by Gasteiger charge is 2.27. The number of ether oxygens (including phenoxy) is 2. The molecule has 1 unspecified atom stereocenters. The minimum Gasteiger partial charge on any atom is -0.493 e. The number of nitroso groups, excluding NO2 is 1. The van der Waals surface area contributed by atoms with E-state index in [1.165, 1.54) is 17.8 Å². The van der Waals surface area contributed by atoms with Crippen LogP contribution in [0.25, 0.3) is 11.3 Å². The van der Waals surface area contributed by atoms with Crippen LogP contribution in [0.3, 0.4) is 0 Å². The van der Waals surface area contributed by atoms with Crippen molar-refractivity contribution < 1.29 is 14.3 Å². The van der Waals surface area contributed by atoms with Gasteiger partial charge < -0.3 is 14.0 Å². The van der Waals surface area contributed by atoms with Gasteiger partial charge in [0.25, 0.3) is 0 Å². The predicted octanol–water partition coefficient (Wildman–Crippen LogP) is 4.56. The largest absolute Gasteiger partial charge is 0.493 e. The number of aromatic nitrogens is 1. The molecule has 1 aromatic heterocycles. The summed E-state index contributed by atoms with van der Waals surface area (Å²) in [7, 11) is 1.58. The number of benzene rings is 2. The SMILES string of the molecule is CCC1Cc2cc(OCCc3ccccc3)c(OC)cc2-c2cc(=O)c(C(=O)N=O)cn21. The summed E-state index contributed by atoms with van der Waals surface area (Å²) >= 11 is 0. The Morgan fingerprint density at radius 1 is 1.16 bits per heavy atom. The van der Waals surface area contributed by atoms with E-state index in [0.717, 1.165) is 24.0 Å². The molecule has 32 heavy (non-hydrogen) atoms. The number of nitrogens with zero attached hydrogens (tertiary/aromatic N) is 2. The minimum atomic E-state index is -1.05. The Morgan fingerprint density at radius 3 is 2.62 bits per heavy atom. The molecule has 4 rings (SSSR count). The first-order valence-corrected chi connectivity index (χ1v) is 10.6. The summed E-state index contributed by atoms with van der Waals surface area (Å²) in [5.74, 6) is 0.177. The van der Waals surface area contributed by atoms with Gasteiger partial charge in [0, 0.05) is 35.5 Å². The van der Waals surface area contributed by atoms with Crippen LogP contribution in [-0.2, 0) is 12.8 Å². The maximum Gasteiger partial charge on any atom is 0.322 e. The van der Waals surface area contributed by atoms with Crippen molar-refractivity contribution in [3.05, 3.63) is 86.5 Å². The maximum atomic E-state index is 12.5. The number of methoxy groups -OCH3 is 1. The summed E-state index contributed by atoms with van der Waals surface area (Å²) in [4.78, 5) is 35.0. The van der Waals surface area contributed by atoms with Gasteiger partial charge >= 0.3 is 5.91 Å². The number of rotatable bonds is 7. The molecule has 0 saturated heterocycles. The second kappa shape index (κ2) is 9.18. The van der Waals surface area contributed by atoms with Gasteiger partial charge in [-0.25, -0.2) is 0 Å². The van der Waals surface area contributed by atoms with E-state index in [9.17, 15) is 14.5 Å². The number of pyridine rings is 1. The van der Waals surface area contributed by atoms with Crippen LogP contribution < -0.4 is 14.9 Å². The molecule has 164 valence electrons. The van der Waals surface area contributed by atoms with Crippen molar-refractivity contribution >= 4 is 5.91 Å². The van der Waals surface area contributed by atoms with E-state index in [1.54, 1.807) is 7.11 Å². The van der Waals surface area contributed by atoms with Crippen LogP contribution in [0.15, 0.2) is 64.7 Å². The van der Waals surface area contributed by atoms with Crippen LogP contribution in [0.2, 0.25) is 0 Å². The predicted molar refractivity (Wildman–Crippen MR) is 121 cm³/mol. The maximum absolute atomic E-state index is 12.5. The van der Waals surface area contributed by atoms with E-state index >= 15 is 0 Å². The van der Waals surface area contributed by atoms with Gasteiger partial charge in [-0.2, -0.15) is 0 Å². The van der Waals surface area contributed by atoms with E-state index < -0.39 is 11.3 Å². The summed E-state index contributed by atoms with van der Waals surface area (Å²) in [5, 5.41) is 2.41. The molecule has 0 aliphatic carbocycles. The number of hydrogen-bond acceptors (Lipinski definition) is 5. The lowest BCUT2D eigenvalue weighted by atomic mass is 9.90. The second-order valence-corrected chi connectivity index (χ2v) is 7.75. The molecule has 0 saturated carbocycles. The summed E-state index contributed by atoms with van der Waals surface area (Å²) in [5.41, 5.74) is 3.03. The first-order valence-electron chi connectivity index (χ1n) is 10.6. The van der Waals surface area contributed by atoms with Crippen molar-refractivity contribution in [1.82, 2.24) is 4.57 Å². The Balaban J connectivity index is 1.70. The minimum absolute atomic E-state index is 0.0295. The molecule has 1 aliphatic rings. The van der Waals surface area contributed by atoms with Crippen LogP contribution in [-0.4, -0.2) is 24.2 Å². The van der Waals surface area contributed by atoms with Gasteiger partial charge in [0.15, 0.2) is 16.9 Å². The summed E-state index contributed by atoms with van der Waals surface area (Å²) in [6.07, 6.45) is 3.71. The molecule has 1 atom stereocenters. The van der Waals surface area contributed by atoms with Crippen molar-refractivity contribution in [3.63, 3.8) is 0 Å². The number of carbonyl (C=O) groups is 1. The van der Waals surface area contributed by atoms with Crippen molar-refractivity contribution in [2.75, 3.05) is 13.7 Å². The molecule has 2 aromatic carbocycles. The number of hydrogen-bond donors (Lipinski definition) is 0. The first kappa shape index (κ1) is 21.5. The molecule has 1 amide bonds. The van der Waals surface area contributed by atoms with Crippen molar-refractivity contribution in [2.24, 2.45) is 5.18 Å². The van der Waals surface area contributed by atoms with Crippen LogP contribution >= 0.6 is 0 Å². The van der Waals surface area contributed by atoms with Gasteiger partial charge in [0.05, 0.1) is 19.4 Å². The van der Waals surface area contributed by atoms with Gasteiger partial charge in [-0.05, 0) is 36.1 Å². The van der Waals surface area contributed by atoms with E-state index in [4.69, 9.17) is 9.47 Å². The smallest absolute Gasteiger partial charge is 0.322 e. The highest BCUT2D eigenvalue weighted by Crippen LogP contribution is 2.41. The molecule has 2 heterocycles. The molecule has 0 bridgehead atoms. The zero-order valence-corrected chi connectivity index (χ0v) is 18.0. The molecule has 0 spiro atoms. The third kappa shape index (κ3) is 4.06. The highest BCUT2D eigenvalue weighted by molar-refractivity contribution is 5.94. The Kier molecular flexibility index (Phi) is 6.16. The quantitative estimate of drug-likeness (QED) is 0.511. The average molecular weight is 432 g/mol. The number of amides is 1. The van der Waals surface area contributed by atoms with E-state index in [0.29, 0.717) is 30.2 Å². The fraction of sp³-hybridized carbons (Fsp3) is 0.280. The van der Waals surface area contributed by atoms with Crippen molar-refractivity contribution in [2.45, 2.75) is 32.2 Å². The molecule has 7 nitrogen and oxygen atoms in total. The molecule has 7 heteroatoms. The lowest BCUT2D eigenvalue weighted by molar-refractivity contribution is 0.0999. The Hall–Kier alpha value is -3.74. The topological polar surface area (TPSA) is 87.0 Å². The Bertz CT molecular complexity index is 1220. The number of fused-ring (bicyclic) bond motifs is 3. The third-order valence-electron chi connectivity index (χ3n) is 5.87. The van der Waals surface area contributed by atoms with Gasteiger partial charge in [-0.3, -0.25) is 9.59 Å². The number of carbonyl (C=O) groups excluding carboxylic acids is 1. The normalized spacial score (nSPS) is 14.2. The van der Waals surface area contributed by atoms with E-state index in [2.05, 4.69) is 17.3 Å². The third-order valence-corrected chi connectivity index (χ3v) is 5.87. The molecule has 0 N–H and O–H groups in total. The first-order chi connectivity index (χ1) is 15.5. The lowest BCUT2D eigenvalue weighted by Gasteiger charge is -2.31. The highest BCUT2D eigenvalue weighted by atomic mass is 16.5. The van der Waals surface area contributed by atoms with Gasteiger partial charge in [-0.1, -0.05) is 37.3 Å². The Labute approximate surface area is 185 Å². The summed E-state index contributed by atoms with van der Waals surface area (Å²) < 4.78 is 13.5. The fourth-order valence-corrected chi connectivity index (χ4v) is 4.18. The second-order valence-electron chi connectivity index (χ2n) is 7.75. The molecule has 0 fully saturated rings.